The topological polar surface area (TPSA) is 88.2 Å². The van der Waals surface area contributed by atoms with Gasteiger partial charge in [0.1, 0.15) is 11.5 Å². The molecule has 1 saturated heterocycles. The van der Waals surface area contributed by atoms with Crippen molar-refractivity contribution in [1.29, 1.82) is 0 Å². The molecule has 3 aromatic carbocycles. The van der Waals surface area contributed by atoms with Gasteiger partial charge in [0.15, 0.2) is 6.61 Å². The molecule has 0 unspecified atom stereocenters. The molecule has 0 radical (unpaired) electrons. The van der Waals surface area contributed by atoms with Crippen molar-refractivity contribution in [2.45, 2.75) is 11.1 Å². The van der Waals surface area contributed by atoms with E-state index in [1.165, 1.54) is 30.3 Å². The van der Waals surface area contributed by atoms with Crippen LogP contribution < -0.4 is 19.1 Å². The molecule has 4 rings (SSSR count). The second kappa shape index (κ2) is 11.2. The van der Waals surface area contributed by atoms with Gasteiger partial charge < -0.3 is 19.3 Å². The zero-order chi connectivity index (χ0) is 27.3. The Labute approximate surface area is 218 Å². The van der Waals surface area contributed by atoms with Crippen molar-refractivity contribution in [1.82, 2.24) is 4.90 Å². The van der Waals surface area contributed by atoms with Crippen LogP contribution in [0.4, 0.5) is 24.5 Å². The number of alkyl halides is 3. The summed E-state index contributed by atoms with van der Waals surface area (Å²) in [5, 5.41) is 0. The molecule has 1 amide bonds. The number of piperazine rings is 1. The summed E-state index contributed by atoms with van der Waals surface area (Å²) < 4.78 is 76.8. The van der Waals surface area contributed by atoms with E-state index in [1.807, 2.05) is 24.3 Å². The molecule has 1 fully saturated rings. The number of benzene rings is 3. The largest absolute Gasteiger partial charge is 0.497 e. The molecule has 0 spiro atoms. The summed E-state index contributed by atoms with van der Waals surface area (Å²) in [4.78, 5) is 16.3. The molecule has 12 heteroatoms. The maximum absolute atomic E-state index is 12.9. The third-order valence-electron chi connectivity index (χ3n) is 6.01. The zero-order valence-corrected chi connectivity index (χ0v) is 21.3. The summed E-state index contributed by atoms with van der Waals surface area (Å²) in [6.45, 7) is 2.20. The number of amides is 1. The van der Waals surface area contributed by atoms with Gasteiger partial charge in [0.25, 0.3) is 15.9 Å². The molecule has 202 valence electrons. The van der Waals surface area contributed by atoms with Gasteiger partial charge in [-0.15, -0.1) is 0 Å². The predicted molar refractivity (Wildman–Crippen MR) is 136 cm³/mol. The van der Waals surface area contributed by atoms with E-state index in [0.29, 0.717) is 26.2 Å². The van der Waals surface area contributed by atoms with Crippen LogP contribution in [0.2, 0.25) is 0 Å². The number of hydrogen-bond acceptors (Lipinski definition) is 6. The number of methoxy groups -OCH3 is 1. The summed E-state index contributed by atoms with van der Waals surface area (Å²) in [7, 11) is -2.52. The van der Waals surface area contributed by atoms with Crippen LogP contribution in [0.5, 0.6) is 11.5 Å². The van der Waals surface area contributed by atoms with Crippen molar-refractivity contribution in [2.24, 2.45) is 0 Å². The fourth-order valence-corrected chi connectivity index (χ4v) is 4.98. The Morgan fingerprint density at radius 1 is 0.921 bits per heavy atom. The summed E-state index contributed by atoms with van der Waals surface area (Å²) in [6, 6.07) is 16.9. The Bertz CT molecular complexity index is 1360. The number of ether oxygens (including phenoxy) is 2. The Morgan fingerprint density at radius 3 is 2.16 bits per heavy atom. The van der Waals surface area contributed by atoms with Crippen molar-refractivity contribution in [3.05, 3.63) is 78.4 Å². The molecule has 0 aliphatic carbocycles. The molecule has 0 atom stereocenters. The number of sulfonamides is 1. The number of halogens is 3. The molecule has 1 heterocycles. The maximum Gasteiger partial charge on any atom is 0.416 e. The highest BCUT2D eigenvalue weighted by atomic mass is 32.2. The third kappa shape index (κ3) is 6.68. The minimum Gasteiger partial charge on any atom is -0.497 e. The number of carbonyl (C=O) groups is 1. The van der Waals surface area contributed by atoms with E-state index in [9.17, 15) is 26.4 Å². The van der Waals surface area contributed by atoms with Crippen LogP contribution in [-0.4, -0.2) is 59.1 Å². The molecule has 38 heavy (non-hydrogen) atoms. The van der Waals surface area contributed by atoms with Gasteiger partial charge in [-0.3, -0.25) is 9.52 Å². The molecule has 8 nitrogen and oxygen atoms in total. The van der Waals surface area contributed by atoms with E-state index in [1.54, 1.807) is 12.0 Å². The lowest BCUT2D eigenvalue weighted by Crippen LogP contribution is -2.50. The molecule has 1 aliphatic rings. The van der Waals surface area contributed by atoms with E-state index >= 15 is 0 Å². The van der Waals surface area contributed by atoms with E-state index in [4.69, 9.17) is 9.47 Å². The molecule has 1 aliphatic heterocycles. The Hall–Kier alpha value is -3.93. The lowest BCUT2D eigenvalue weighted by atomic mass is 10.2. The smallest absolute Gasteiger partial charge is 0.416 e. The summed E-state index contributed by atoms with van der Waals surface area (Å²) >= 11 is 0. The van der Waals surface area contributed by atoms with Crippen LogP contribution in [0.15, 0.2) is 77.7 Å². The number of anilines is 2. The van der Waals surface area contributed by atoms with Crippen LogP contribution in [0.25, 0.3) is 0 Å². The second-order valence-electron chi connectivity index (χ2n) is 8.51. The van der Waals surface area contributed by atoms with Crippen molar-refractivity contribution >= 4 is 27.3 Å². The Kier molecular flexibility index (Phi) is 8.00. The minimum atomic E-state index is -4.60. The van der Waals surface area contributed by atoms with Gasteiger partial charge in [0, 0.05) is 37.6 Å². The Morgan fingerprint density at radius 2 is 1.55 bits per heavy atom. The molecular formula is C26H26F3N3O5S. The van der Waals surface area contributed by atoms with Crippen molar-refractivity contribution in [3.8, 4) is 11.5 Å². The standard InChI is InChI=1S/C26H26F3N3O5S/c1-36-22-7-5-21(6-8-22)31-13-15-32(16-14-31)25(33)18-37-23-9-11-24(12-10-23)38(34,35)30-20-4-2-3-19(17-20)26(27,28)29/h2-12,17,30H,13-16,18H2,1H3. The fourth-order valence-electron chi connectivity index (χ4n) is 3.93. The van der Waals surface area contributed by atoms with E-state index < -0.39 is 21.8 Å². The molecule has 0 saturated carbocycles. The first kappa shape index (κ1) is 27.1. The minimum absolute atomic E-state index is 0.164. The van der Waals surface area contributed by atoms with Gasteiger partial charge in [-0.2, -0.15) is 13.2 Å². The van der Waals surface area contributed by atoms with Gasteiger partial charge in [0.2, 0.25) is 0 Å². The van der Waals surface area contributed by atoms with Crippen LogP contribution in [-0.2, 0) is 21.0 Å². The first-order valence-corrected chi connectivity index (χ1v) is 13.1. The highest BCUT2D eigenvalue weighted by Crippen LogP contribution is 2.31. The number of nitrogens with zero attached hydrogens (tertiary/aromatic N) is 2. The number of carbonyl (C=O) groups excluding carboxylic acids is 1. The van der Waals surface area contributed by atoms with Gasteiger partial charge in [0.05, 0.1) is 17.6 Å². The normalized spacial score (nSPS) is 14.2. The number of nitrogens with one attached hydrogen (secondary N) is 1. The van der Waals surface area contributed by atoms with Gasteiger partial charge in [-0.25, -0.2) is 8.42 Å². The molecular weight excluding hydrogens is 523 g/mol. The lowest BCUT2D eigenvalue weighted by Gasteiger charge is -2.36. The first-order chi connectivity index (χ1) is 18.0. The average molecular weight is 550 g/mol. The Balaban J connectivity index is 1.28. The van der Waals surface area contributed by atoms with Crippen LogP contribution in [0, 0.1) is 0 Å². The van der Waals surface area contributed by atoms with Gasteiger partial charge in [-0.1, -0.05) is 6.07 Å². The molecule has 0 aromatic heterocycles. The first-order valence-electron chi connectivity index (χ1n) is 11.6. The van der Waals surface area contributed by atoms with E-state index in [0.717, 1.165) is 29.6 Å². The zero-order valence-electron chi connectivity index (χ0n) is 20.4. The highest BCUT2D eigenvalue weighted by molar-refractivity contribution is 7.92. The summed E-state index contributed by atoms with van der Waals surface area (Å²) in [5.74, 6) is 0.868. The van der Waals surface area contributed by atoms with Crippen molar-refractivity contribution < 1.29 is 35.9 Å². The third-order valence-corrected chi connectivity index (χ3v) is 7.41. The molecule has 1 N–H and O–H groups in total. The van der Waals surface area contributed by atoms with Crippen molar-refractivity contribution in [3.63, 3.8) is 0 Å². The summed E-state index contributed by atoms with van der Waals surface area (Å²) in [5.41, 5.74) is -0.127. The van der Waals surface area contributed by atoms with Gasteiger partial charge >= 0.3 is 6.18 Å². The predicted octanol–water partition coefficient (Wildman–Crippen LogP) is 4.24. The lowest BCUT2D eigenvalue weighted by molar-refractivity contribution is -0.137. The molecule has 3 aromatic rings. The van der Waals surface area contributed by atoms with Crippen LogP contribution >= 0.6 is 0 Å². The SMILES string of the molecule is COc1ccc(N2CCN(C(=O)COc3ccc(S(=O)(=O)Nc4cccc(C(F)(F)F)c4)cc3)CC2)cc1. The van der Waals surface area contributed by atoms with Gasteiger partial charge in [-0.05, 0) is 66.7 Å². The van der Waals surface area contributed by atoms with Crippen molar-refractivity contribution in [2.75, 3.05) is 49.5 Å². The number of rotatable bonds is 8. The fraction of sp³-hybridized carbons (Fsp3) is 0.269. The number of hydrogen-bond donors (Lipinski definition) is 1. The van der Waals surface area contributed by atoms with Crippen LogP contribution in [0.3, 0.4) is 0 Å². The highest BCUT2D eigenvalue weighted by Gasteiger charge is 2.30. The maximum atomic E-state index is 12.9. The van der Waals surface area contributed by atoms with E-state index in [2.05, 4.69) is 9.62 Å². The molecule has 0 bridgehead atoms. The quantitative estimate of drug-likeness (QED) is 0.452. The van der Waals surface area contributed by atoms with E-state index in [-0.39, 0.29) is 28.8 Å². The monoisotopic (exact) mass is 549 g/mol. The van der Waals surface area contributed by atoms with Crippen LogP contribution in [0.1, 0.15) is 5.56 Å². The summed E-state index contributed by atoms with van der Waals surface area (Å²) in [6.07, 6.45) is -4.60. The average Bonchev–Trinajstić information content (AvgIpc) is 2.91. The second-order valence-corrected chi connectivity index (χ2v) is 10.2.